The number of anilines is 1. The number of carbonyl (C=O) groups is 1. The molecule has 0 spiro atoms. The number of hydrogen-bond acceptors (Lipinski definition) is 4. The fourth-order valence-electron chi connectivity index (χ4n) is 3.96. The molecule has 4 rings (SSSR count). The van der Waals surface area contributed by atoms with Crippen LogP contribution in [0.3, 0.4) is 0 Å². The fraction of sp³-hybridized carbons (Fsp3) is 0.385. The van der Waals surface area contributed by atoms with Crippen molar-refractivity contribution in [1.82, 2.24) is 15.1 Å². The molecule has 0 bridgehead atoms. The third-order valence-electron chi connectivity index (χ3n) is 5.75. The van der Waals surface area contributed by atoms with Crippen molar-refractivity contribution in [3.63, 3.8) is 0 Å². The van der Waals surface area contributed by atoms with Crippen molar-refractivity contribution in [3.8, 4) is 5.75 Å². The van der Waals surface area contributed by atoms with Crippen LogP contribution in [0.1, 0.15) is 46.6 Å². The highest BCUT2D eigenvalue weighted by Gasteiger charge is 2.15. The fourth-order valence-corrected chi connectivity index (χ4v) is 4.16. The van der Waals surface area contributed by atoms with Crippen molar-refractivity contribution < 1.29 is 9.53 Å². The first kappa shape index (κ1) is 26.1. The van der Waals surface area contributed by atoms with Gasteiger partial charge in [-0.1, -0.05) is 31.5 Å². The minimum Gasteiger partial charge on any atom is -0.493 e. The number of rotatable bonds is 7. The molecule has 34 heavy (non-hydrogen) atoms. The van der Waals surface area contributed by atoms with Gasteiger partial charge >= 0.3 is 0 Å². The largest absolute Gasteiger partial charge is 0.493 e. The van der Waals surface area contributed by atoms with Gasteiger partial charge in [0.25, 0.3) is 5.91 Å². The molecule has 1 aliphatic rings. The number of aryl methyl sites for hydroxylation is 1. The Morgan fingerprint density at radius 3 is 2.68 bits per heavy atom. The van der Waals surface area contributed by atoms with Crippen LogP contribution in [0.2, 0.25) is 5.02 Å². The van der Waals surface area contributed by atoms with Crippen molar-refractivity contribution in [2.45, 2.75) is 40.2 Å². The average Bonchev–Trinajstić information content (AvgIpc) is 2.97. The van der Waals surface area contributed by atoms with Gasteiger partial charge in [-0.2, -0.15) is 5.10 Å². The number of amides is 1. The zero-order valence-electron chi connectivity index (χ0n) is 19.9. The summed E-state index contributed by atoms with van der Waals surface area (Å²) in [5, 5.41) is 11.6. The highest BCUT2D eigenvalue weighted by Crippen LogP contribution is 2.25. The maximum Gasteiger partial charge on any atom is 0.256 e. The summed E-state index contributed by atoms with van der Waals surface area (Å²) in [6.45, 7) is 9.25. The summed E-state index contributed by atoms with van der Waals surface area (Å²) in [5.74, 6) is 1.60. The Balaban J connectivity index is 0.00000324. The van der Waals surface area contributed by atoms with Gasteiger partial charge in [0.1, 0.15) is 5.75 Å². The van der Waals surface area contributed by atoms with Crippen LogP contribution in [0.25, 0.3) is 0 Å². The van der Waals surface area contributed by atoms with E-state index < -0.39 is 0 Å². The van der Waals surface area contributed by atoms with Gasteiger partial charge in [0.15, 0.2) is 5.82 Å². The quantitative estimate of drug-likeness (QED) is 0.460. The first-order chi connectivity index (χ1) is 15.9. The molecule has 2 aromatic carbocycles. The molecule has 2 heterocycles. The number of nitrogens with one attached hydrogen (secondary N) is 2. The molecular formula is C26H32Cl2N4O2. The molecule has 0 atom stereocenters. The van der Waals surface area contributed by atoms with Crippen molar-refractivity contribution in [3.05, 3.63) is 75.4 Å². The van der Waals surface area contributed by atoms with Crippen LogP contribution in [0, 0.1) is 12.8 Å². The van der Waals surface area contributed by atoms with E-state index in [9.17, 15) is 4.79 Å². The molecule has 1 amide bonds. The average molecular weight is 503 g/mol. The molecule has 2 N–H and O–H groups in total. The number of hydrogen-bond donors (Lipinski definition) is 2. The van der Waals surface area contributed by atoms with Crippen LogP contribution in [0.4, 0.5) is 5.82 Å². The van der Waals surface area contributed by atoms with Crippen molar-refractivity contribution in [2.24, 2.45) is 5.92 Å². The molecule has 1 aliphatic heterocycles. The molecule has 0 aliphatic carbocycles. The highest BCUT2D eigenvalue weighted by atomic mass is 35.5. The Labute approximate surface area is 212 Å². The second-order valence-corrected chi connectivity index (χ2v) is 9.41. The number of halogens is 2. The summed E-state index contributed by atoms with van der Waals surface area (Å²) in [5.41, 5.74) is 5.10. The first-order valence-corrected chi connectivity index (χ1v) is 11.9. The second-order valence-electron chi connectivity index (χ2n) is 8.97. The lowest BCUT2D eigenvalue weighted by Gasteiger charge is -2.14. The maximum atomic E-state index is 12.9. The van der Waals surface area contributed by atoms with Crippen LogP contribution in [0.15, 0.2) is 42.5 Å². The molecule has 6 nitrogen and oxygen atoms in total. The maximum absolute atomic E-state index is 12.9. The van der Waals surface area contributed by atoms with E-state index in [0.717, 1.165) is 42.9 Å². The number of nitrogens with zero attached hydrogens (tertiary/aromatic N) is 2. The Morgan fingerprint density at radius 2 is 1.91 bits per heavy atom. The molecule has 182 valence electrons. The van der Waals surface area contributed by atoms with Gasteiger partial charge in [-0.05, 0) is 80.2 Å². The van der Waals surface area contributed by atoms with E-state index in [1.54, 1.807) is 0 Å². The summed E-state index contributed by atoms with van der Waals surface area (Å²) in [7, 11) is 0. The van der Waals surface area contributed by atoms with Crippen molar-refractivity contribution in [2.75, 3.05) is 25.0 Å². The molecule has 3 aromatic rings. The van der Waals surface area contributed by atoms with E-state index in [-0.39, 0.29) is 18.3 Å². The Hall–Kier alpha value is -2.54. The van der Waals surface area contributed by atoms with E-state index in [1.807, 2.05) is 48.0 Å². The predicted molar refractivity (Wildman–Crippen MR) is 140 cm³/mol. The number of fused-ring (bicyclic) bond motifs is 1. The zero-order valence-corrected chi connectivity index (χ0v) is 21.4. The monoisotopic (exact) mass is 502 g/mol. The summed E-state index contributed by atoms with van der Waals surface area (Å²) in [6, 6.07) is 13.5. The lowest BCUT2D eigenvalue weighted by molar-refractivity contribution is 0.102. The van der Waals surface area contributed by atoms with E-state index in [2.05, 4.69) is 35.6 Å². The summed E-state index contributed by atoms with van der Waals surface area (Å²) in [4.78, 5) is 12.9. The number of ether oxygens (including phenoxy) is 1. The molecule has 0 fully saturated rings. The minimum absolute atomic E-state index is 0. The van der Waals surface area contributed by atoms with E-state index in [1.165, 1.54) is 11.1 Å². The molecule has 0 radical (unpaired) electrons. The second kappa shape index (κ2) is 11.7. The third-order valence-corrected chi connectivity index (χ3v) is 5.98. The Bertz CT molecular complexity index is 1140. The molecular weight excluding hydrogens is 471 g/mol. The Morgan fingerprint density at radius 1 is 1.15 bits per heavy atom. The van der Waals surface area contributed by atoms with Gasteiger partial charge in [0.2, 0.25) is 0 Å². The lowest BCUT2D eigenvalue weighted by Crippen LogP contribution is -2.16. The van der Waals surface area contributed by atoms with Gasteiger partial charge in [0, 0.05) is 27.9 Å². The number of aromatic nitrogens is 2. The molecule has 8 heteroatoms. The van der Waals surface area contributed by atoms with Crippen LogP contribution < -0.4 is 15.4 Å². The van der Waals surface area contributed by atoms with E-state index in [4.69, 9.17) is 16.3 Å². The number of benzene rings is 2. The van der Waals surface area contributed by atoms with Crippen molar-refractivity contribution >= 4 is 35.7 Å². The first-order valence-electron chi connectivity index (χ1n) is 11.5. The van der Waals surface area contributed by atoms with Gasteiger partial charge in [0.05, 0.1) is 13.2 Å². The molecule has 0 unspecified atom stereocenters. The molecule has 0 saturated carbocycles. The predicted octanol–water partition coefficient (Wildman–Crippen LogP) is 5.29. The van der Waals surface area contributed by atoms with E-state index in [0.29, 0.717) is 35.5 Å². The van der Waals surface area contributed by atoms with Crippen LogP contribution in [0.5, 0.6) is 5.75 Å². The van der Waals surface area contributed by atoms with Gasteiger partial charge in [-0.15, -0.1) is 12.4 Å². The lowest BCUT2D eigenvalue weighted by atomic mass is 10.00. The normalized spacial score (nSPS) is 13.1. The summed E-state index contributed by atoms with van der Waals surface area (Å²) in [6.07, 6.45) is 1.93. The van der Waals surface area contributed by atoms with Gasteiger partial charge in [-0.25, -0.2) is 0 Å². The van der Waals surface area contributed by atoms with Crippen LogP contribution in [-0.2, 0) is 19.4 Å². The van der Waals surface area contributed by atoms with Crippen LogP contribution in [-0.4, -0.2) is 35.4 Å². The SMILES string of the molecule is Cc1cc(NC(=O)c2ccc3c(c2)CCNCC3)nn1Cc1cc(Cl)ccc1OCC(C)C.Cl. The molecule has 1 aromatic heterocycles. The van der Waals surface area contributed by atoms with Gasteiger partial charge in [-0.3, -0.25) is 9.48 Å². The smallest absolute Gasteiger partial charge is 0.256 e. The summed E-state index contributed by atoms with van der Waals surface area (Å²) >= 11 is 6.24. The van der Waals surface area contributed by atoms with Gasteiger partial charge < -0.3 is 15.4 Å². The van der Waals surface area contributed by atoms with Crippen LogP contribution >= 0.6 is 24.0 Å². The van der Waals surface area contributed by atoms with E-state index >= 15 is 0 Å². The highest BCUT2D eigenvalue weighted by molar-refractivity contribution is 6.30. The topological polar surface area (TPSA) is 68.2 Å². The summed E-state index contributed by atoms with van der Waals surface area (Å²) < 4.78 is 7.83. The number of carbonyl (C=O) groups excluding carboxylic acids is 1. The van der Waals surface area contributed by atoms with Crippen molar-refractivity contribution in [1.29, 1.82) is 0 Å². The minimum atomic E-state index is -0.150. The Kier molecular flexibility index (Phi) is 9.00. The third kappa shape index (κ3) is 6.53. The molecule has 0 saturated heterocycles. The standard InChI is InChI=1S/C26H31ClN4O2.ClH/c1-17(2)16-33-24-7-6-23(27)14-22(24)15-31-18(3)12-25(30-31)29-26(32)21-5-4-19-8-10-28-11-9-20(19)13-21;/h4-7,12-14,17,28H,8-11,15-16H2,1-3H3,(H,29,30,32);1H. The zero-order chi connectivity index (χ0) is 23.4.